The van der Waals surface area contributed by atoms with Crippen LogP contribution >= 0.6 is 23.2 Å². The summed E-state index contributed by atoms with van der Waals surface area (Å²) < 4.78 is 5.16. The van der Waals surface area contributed by atoms with Crippen LogP contribution in [0.25, 0.3) is 0 Å². The summed E-state index contributed by atoms with van der Waals surface area (Å²) in [6.45, 7) is 0.464. The van der Waals surface area contributed by atoms with Crippen LogP contribution in [-0.2, 0) is 6.42 Å². The molecule has 2 rings (SSSR count). The van der Waals surface area contributed by atoms with Crippen molar-refractivity contribution < 1.29 is 9.21 Å². The fourth-order valence-electron chi connectivity index (χ4n) is 1.57. The minimum absolute atomic E-state index is 0.254. The van der Waals surface area contributed by atoms with Crippen molar-refractivity contribution in [3.63, 3.8) is 0 Å². The summed E-state index contributed by atoms with van der Waals surface area (Å²) in [5.74, 6) is 0.559. The molecular weight excluding hydrogens is 287 g/mol. The molecule has 0 saturated carbocycles. The van der Waals surface area contributed by atoms with Gasteiger partial charge in [0, 0.05) is 18.5 Å². The van der Waals surface area contributed by atoms with Gasteiger partial charge >= 0.3 is 0 Å². The van der Waals surface area contributed by atoms with Crippen LogP contribution in [0.1, 0.15) is 16.1 Å². The quantitative estimate of drug-likeness (QED) is 0.852. The highest BCUT2D eigenvalue weighted by molar-refractivity contribution is 6.39. The number of hydrogen-bond donors (Lipinski definition) is 2. The number of furan rings is 1. The van der Waals surface area contributed by atoms with Crippen LogP contribution in [0.15, 0.2) is 34.9 Å². The number of amides is 1. The van der Waals surface area contributed by atoms with E-state index < -0.39 is 0 Å². The van der Waals surface area contributed by atoms with Gasteiger partial charge in [-0.25, -0.2) is 0 Å². The summed E-state index contributed by atoms with van der Waals surface area (Å²) in [4.78, 5) is 11.9. The Bertz CT molecular complexity index is 559. The third-order valence-corrected chi connectivity index (χ3v) is 3.20. The predicted molar refractivity (Wildman–Crippen MR) is 75.6 cm³/mol. The summed E-state index contributed by atoms with van der Waals surface area (Å²) in [7, 11) is 0. The molecule has 0 unspecified atom stereocenters. The van der Waals surface area contributed by atoms with Crippen molar-refractivity contribution in [3.8, 4) is 0 Å². The first-order chi connectivity index (χ1) is 9.08. The van der Waals surface area contributed by atoms with Crippen LogP contribution in [0.4, 0.5) is 5.69 Å². The van der Waals surface area contributed by atoms with Crippen molar-refractivity contribution in [1.29, 1.82) is 0 Å². The van der Waals surface area contributed by atoms with E-state index in [4.69, 9.17) is 33.4 Å². The molecule has 1 amide bonds. The van der Waals surface area contributed by atoms with E-state index >= 15 is 0 Å². The van der Waals surface area contributed by atoms with Crippen molar-refractivity contribution in [2.75, 3.05) is 12.3 Å². The fourth-order valence-corrected chi connectivity index (χ4v) is 2.06. The number of nitrogens with one attached hydrogen (secondary N) is 1. The van der Waals surface area contributed by atoms with E-state index in [0.717, 1.165) is 5.76 Å². The summed E-state index contributed by atoms with van der Waals surface area (Å²) in [6, 6.07) is 6.63. The smallest absolute Gasteiger partial charge is 0.251 e. The second kappa shape index (κ2) is 5.99. The van der Waals surface area contributed by atoms with E-state index in [1.165, 1.54) is 12.1 Å². The maximum atomic E-state index is 11.9. The monoisotopic (exact) mass is 298 g/mol. The molecule has 0 aliphatic rings. The van der Waals surface area contributed by atoms with Crippen LogP contribution in [0.2, 0.25) is 10.0 Å². The van der Waals surface area contributed by atoms with Crippen LogP contribution < -0.4 is 11.1 Å². The summed E-state index contributed by atoms with van der Waals surface area (Å²) in [6.07, 6.45) is 2.21. The fraction of sp³-hybridized carbons (Fsp3) is 0.154. The lowest BCUT2D eigenvalue weighted by Crippen LogP contribution is -2.25. The lowest BCUT2D eigenvalue weighted by molar-refractivity contribution is 0.0953. The first-order valence-corrected chi connectivity index (χ1v) is 6.38. The Balaban J connectivity index is 1.96. The standard InChI is InChI=1S/C13H12Cl2N2O2/c14-10-6-8(7-11(15)12(10)16)13(18)17-4-3-9-2-1-5-19-9/h1-2,5-7H,3-4,16H2,(H,17,18). The highest BCUT2D eigenvalue weighted by Gasteiger charge is 2.11. The minimum atomic E-state index is -0.254. The van der Waals surface area contributed by atoms with E-state index in [1.54, 1.807) is 12.3 Å². The molecule has 2 aromatic rings. The third kappa shape index (κ3) is 3.43. The van der Waals surface area contributed by atoms with Crippen molar-refractivity contribution in [1.82, 2.24) is 5.32 Å². The zero-order valence-corrected chi connectivity index (χ0v) is 11.5. The molecule has 0 spiro atoms. The number of carbonyl (C=O) groups excluding carboxylic acids is 1. The Labute approximate surface area is 120 Å². The number of carbonyl (C=O) groups is 1. The van der Waals surface area contributed by atoms with Crippen molar-refractivity contribution >= 4 is 34.8 Å². The second-order valence-corrected chi connectivity index (χ2v) is 4.75. The van der Waals surface area contributed by atoms with Crippen molar-refractivity contribution in [2.45, 2.75) is 6.42 Å². The van der Waals surface area contributed by atoms with Gasteiger partial charge in [-0.3, -0.25) is 4.79 Å². The SMILES string of the molecule is Nc1c(Cl)cc(C(=O)NCCc2ccco2)cc1Cl. The predicted octanol–water partition coefficient (Wildman–Crippen LogP) is 3.14. The molecule has 0 fully saturated rings. The molecule has 0 saturated heterocycles. The first kappa shape index (κ1) is 13.8. The molecule has 6 heteroatoms. The highest BCUT2D eigenvalue weighted by Crippen LogP contribution is 2.28. The number of rotatable bonds is 4. The number of hydrogen-bond acceptors (Lipinski definition) is 3. The molecule has 19 heavy (non-hydrogen) atoms. The summed E-state index contributed by atoms with van der Waals surface area (Å²) in [5.41, 5.74) is 6.26. The van der Waals surface area contributed by atoms with Crippen LogP contribution in [-0.4, -0.2) is 12.5 Å². The Morgan fingerprint density at radius 1 is 1.32 bits per heavy atom. The van der Waals surface area contributed by atoms with E-state index in [9.17, 15) is 4.79 Å². The Kier molecular flexibility index (Phi) is 4.35. The molecule has 1 aromatic carbocycles. The molecule has 1 aromatic heterocycles. The van der Waals surface area contributed by atoms with Crippen molar-refractivity contribution in [3.05, 3.63) is 51.9 Å². The number of anilines is 1. The Hall–Kier alpha value is -1.65. The molecule has 0 aliphatic carbocycles. The van der Waals surface area contributed by atoms with Gasteiger partial charge in [-0.1, -0.05) is 23.2 Å². The number of nitrogen functional groups attached to an aromatic ring is 1. The van der Waals surface area contributed by atoms with Crippen molar-refractivity contribution in [2.24, 2.45) is 0 Å². The average Bonchev–Trinajstić information content (AvgIpc) is 2.88. The molecule has 0 radical (unpaired) electrons. The molecule has 0 bridgehead atoms. The van der Waals surface area contributed by atoms with Gasteiger partial charge in [0.05, 0.1) is 22.0 Å². The second-order valence-electron chi connectivity index (χ2n) is 3.94. The molecule has 100 valence electrons. The topological polar surface area (TPSA) is 68.3 Å². The minimum Gasteiger partial charge on any atom is -0.469 e. The van der Waals surface area contributed by atoms with Crippen LogP contribution in [0.3, 0.4) is 0 Å². The van der Waals surface area contributed by atoms with Crippen LogP contribution in [0, 0.1) is 0 Å². The normalized spacial score (nSPS) is 10.4. The molecule has 0 atom stereocenters. The van der Waals surface area contributed by atoms with Crippen LogP contribution in [0.5, 0.6) is 0 Å². The van der Waals surface area contributed by atoms with Gasteiger partial charge in [0.15, 0.2) is 0 Å². The number of benzene rings is 1. The highest BCUT2D eigenvalue weighted by atomic mass is 35.5. The summed E-state index contributed by atoms with van der Waals surface area (Å²) in [5, 5.41) is 3.29. The number of halogens is 2. The van der Waals surface area contributed by atoms with Gasteiger partial charge in [-0.2, -0.15) is 0 Å². The van der Waals surface area contributed by atoms with Gasteiger partial charge in [0.2, 0.25) is 0 Å². The molecular formula is C13H12Cl2N2O2. The molecule has 3 N–H and O–H groups in total. The third-order valence-electron chi connectivity index (χ3n) is 2.58. The maximum absolute atomic E-state index is 11.9. The van der Waals surface area contributed by atoms with E-state index in [1.807, 2.05) is 6.07 Å². The Morgan fingerprint density at radius 3 is 2.58 bits per heavy atom. The van der Waals surface area contributed by atoms with Gasteiger partial charge in [-0.15, -0.1) is 0 Å². The van der Waals surface area contributed by atoms with Gasteiger partial charge in [-0.05, 0) is 24.3 Å². The largest absolute Gasteiger partial charge is 0.469 e. The zero-order chi connectivity index (χ0) is 13.8. The first-order valence-electron chi connectivity index (χ1n) is 5.63. The molecule has 1 heterocycles. The average molecular weight is 299 g/mol. The van der Waals surface area contributed by atoms with Gasteiger partial charge in [0.1, 0.15) is 5.76 Å². The number of nitrogens with two attached hydrogens (primary N) is 1. The summed E-state index contributed by atoms with van der Waals surface area (Å²) >= 11 is 11.7. The lowest BCUT2D eigenvalue weighted by atomic mass is 10.2. The zero-order valence-electron chi connectivity index (χ0n) is 9.95. The maximum Gasteiger partial charge on any atom is 0.251 e. The van der Waals surface area contributed by atoms with Gasteiger partial charge < -0.3 is 15.5 Å². The van der Waals surface area contributed by atoms with E-state index in [2.05, 4.69) is 5.32 Å². The van der Waals surface area contributed by atoms with E-state index in [0.29, 0.717) is 18.5 Å². The molecule has 4 nitrogen and oxygen atoms in total. The van der Waals surface area contributed by atoms with E-state index in [-0.39, 0.29) is 21.6 Å². The molecule has 0 aliphatic heterocycles. The Morgan fingerprint density at radius 2 is 2.00 bits per heavy atom. The lowest BCUT2D eigenvalue weighted by Gasteiger charge is -2.07. The van der Waals surface area contributed by atoms with Gasteiger partial charge in [0.25, 0.3) is 5.91 Å².